The first kappa shape index (κ1) is 16.7. The number of para-hydroxylation sites is 1. The van der Waals surface area contributed by atoms with Gasteiger partial charge < -0.3 is 9.32 Å². The van der Waals surface area contributed by atoms with Gasteiger partial charge in [-0.3, -0.25) is 4.79 Å². The maximum absolute atomic E-state index is 12.5. The van der Waals surface area contributed by atoms with Crippen LogP contribution >= 0.6 is 11.8 Å². The van der Waals surface area contributed by atoms with Gasteiger partial charge in [-0.25, -0.2) is 0 Å². The fourth-order valence-electron chi connectivity index (χ4n) is 2.57. The summed E-state index contributed by atoms with van der Waals surface area (Å²) in [5, 5.41) is 1.06. The number of carbonyl (C=O) groups is 1. The summed E-state index contributed by atoms with van der Waals surface area (Å²) in [6.07, 6.45) is 0. The molecule has 3 rings (SSSR count). The fourth-order valence-corrected chi connectivity index (χ4v) is 3.53. The zero-order chi connectivity index (χ0) is 17.1. The number of nitrogens with zero attached hydrogens (tertiary/aromatic N) is 1. The van der Waals surface area contributed by atoms with Gasteiger partial charge >= 0.3 is 0 Å². The van der Waals surface area contributed by atoms with Crippen LogP contribution in [0.3, 0.4) is 0 Å². The van der Waals surface area contributed by atoms with E-state index in [-0.39, 0.29) is 11.9 Å². The van der Waals surface area contributed by atoms with Crippen molar-refractivity contribution in [3.8, 4) is 0 Å². The summed E-state index contributed by atoms with van der Waals surface area (Å²) in [6.45, 7) is 4.06. The van der Waals surface area contributed by atoms with Gasteiger partial charge in [0, 0.05) is 17.3 Å². The van der Waals surface area contributed by atoms with Crippen LogP contribution in [0.4, 0.5) is 0 Å². The molecule has 1 heterocycles. The van der Waals surface area contributed by atoms with Crippen LogP contribution in [0.25, 0.3) is 11.0 Å². The molecule has 1 aromatic heterocycles. The van der Waals surface area contributed by atoms with Crippen LogP contribution in [0, 0.1) is 6.92 Å². The summed E-state index contributed by atoms with van der Waals surface area (Å²) >= 11 is 1.58. The second kappa shape index (κ2) is 7.14. The van der Waals surface area contributed by atoms with Crippen LogP contribution in [0.15, 0.2) is 63.9 Å². The van der Waals surface area contributed by atoms with Crippen LogP contribution in [0.2, 0.25) is 0 Å². The van der Waals surface area contributed by atoms with Crippen LogP contribution < -0.4 is 0 Å². The number of carbonyl (C=O) groups excluding carboxylic acids is 1. The molecule has 24 heavy (non-hydrogen) atoms. The average Bonchev–Trinajstić information content (AvgIpc) is 3.03. The Morgan fingerprint density at radius 3 is 2.62 bits per heavy atom. The molecule has 0 aliphatic carbocycles. The molecule has 0 saturated carbocycles. The van der Waals surface area contributed by atoms with E-state index in [0.29, 0.717) is 5.75 Å². The Morgan fingerprint density at radius 1 is 1.17 bits per heavy atom. The highest BCUT2D eigenvalue weighted by atomic mass is 32.2. The summed E-state index contributed by atoms with van der Waals surface area (Å²) in [5.74, 6) is 1.33. The number of rotatable bonds is 5. The molecule has 3 aromatic rings. The summed E-state index contributed by atoms with van der Waals surface area (Å²) < 4.78 is 5.88. The number of fused-ring (bicyclic) bond motifs is 1. The SMILES string of the molecule is Cc1ccccc1SCC(=O)N(C)C(C)c1cc2ccccc2o1. The largest absolute Gasteiger partial charge is 0.459 e. The van der Waals surface area contributed by atoms with E-state index >= 15 is 0 Å². The lowest BCUT2D eigenvalue weighted by atomic mass is 10.2. The van der Waals surface area contributed by atoms with Crippen LogP contribution in [-0.2, 0) is 4.79 Å². The zero-order valence-electron chi connectivity index (χ0n) is 14.2. The van der Waals surface area contributed by atoms with E-state index in [1.807, 2.05) is 56.4 Å². The number of thioether (sulfide) groups is 1. The van der Waals surface area contributed by atoms with Crippen molar-refractivity contribution in [3.05, 3.63) is 65.9 Å². The van der Waals surface area contributed by atoms with Crippen molar-refractivity contribution < 1.29 is 9.21 Å². The van der Waals surface area contributed by atoms with Crippen LogP contribution in [0.1, 0.15) is 24.3 Å². The molecule has 0 spiro atoms. The standard InChI is InChI=1S/C20H21NO2S/c1-14-8-4-7-11-19(14)24-13-20(22)21(3)15(2)18-12-16-9-5-6-10-17(16)23-18/h4-12,15H,13H2,1-3H3. The molecular weight excluding hydrogens is 318 g/mol. The molecule has 0 N–H and O–H groups in total. The zero-order valence-corrected chi connectivity index (χ0v) is 15.0. The van der Waals surface area contributed by atoms with E-state index in [1.54, 1.807) is 16.7 Å². The highest BCUT2D eigenvalue weighted by molar-refractivity contribution is 8.00. The fraction of sp³-hybridized carbons (Fsp3) is 0.250. The summed E-state index contributed by atoms with van der Waals surface area (Å²) in [5.41, 5.74) is 2.05. The lowest BCUT2D eigenvalue weighted by Crippen LogP contribution is -2.30. The second-order valence-electron chi connectivity index (χ2n) is 5.92. The molecule has 124 valence electrons. The molecule has 0 radical (unpaired) electrons. The molecule has 0 fully saturated rings. The highest BCUT2D eigenvalue weighted by Gasteiger charge is 2.20. The first-order valence-electron chi connectivity index (χ1n) is 7.99. The topological polar surface area (TPSA) is 33.5 Å². The minimum Gasteiger partial charge on any atom is -0.459 e. The molecule has 0 bridgehead atoms. The van der Waals surface area contributed by atoms with Gasteiger partial charge in [-0.05, 0) is 37.6 Å². The number of aryl methyl sites for hydroxylation is 1. The minimum atomic E-state index is -0.0950. The molecule has 1 atom stereocenters. The molecule has 1 unspecified atom stereocenters. The van der Waals surface area contributed by atoms with Crippen molar-refractivity contribution in [3.63, 3.8) is 0 Å². The quantitative estimate of drug-likeness (QED) is 0.610. The van der Waals surface area contributed by atoms with E-state index < -0.39 is 0 Å². The first-order valence-corrected chi connectivity index (χ1v) is 8.97. The van der Waals surface area contributed by atoms with Gasteiger partial charge in [-0.2, -0.15) is 0 Å². The van der Waals surface area contributed by atoms with Crippen LogP contribution in [0.5, 0.6) is 0 Å². The molecular formula is C20H21NO2S. The third kappa shape index (κ3) is 3.49. The van der Waals surface area contributed by atoms with Gasteiger partial charge in [-0.1, -0.05) is 36.4 Å². The van der Waals surface area contributed by atoms with Gasteiger partial charge in [0.2, 0.25) is 5.91 Å². The van der Waals surface area contributed by atoms with Crippen molar-refractivity contribution in [2.45, 2.75) is 24.8 Å². The molecule has 0 aliphatic rings. The summed E-state index contributed by atoms with van der Waals surface area (Å²) in [4.78, 5) is 15.4. The van der Waals surface area contributed by atoms with Gasteiger partial charge in [0.15, 0.2) is 0 Å². The van der Waals surface area contributed by atoms with Crippen molar-refractivity contribution in [1.29, 1.82) is 0 Å². The Labute approximate surface area is 146 Å². The first-order chi connectivity index (χ1) is 11.6. The smallest absolute Gasteiger partial charge is 0.233 e. The van der Waals surface area contributed by atoms with Gasteiger partial charge in [-0.15, -0.1) is 11.8 Å². The predicted molar refractivity (Wildman–Crippen MR) is 99.3 cm³/mol. The third-order valence-corrected chi connectivity index (χ3v) is 5.44. The summed E-state index contributed by atoms with van der Waals surface area (Å²) in [7, 11) is 1.83. The lowest BCUT2D eigenvalue weighted by Gasteiger charge is -2.23. The number of hydrogen-bond acceptors (Lipinski definition) is 3. The third-order valence-electron chi connectivity index (χ3n) is 4.28. The highest BCUT2D eigenvalue weighted by Crippen LogP contribution is 2.28. The number of furan rings is 1. The Bertz CT molecular complexity index is 822. The van der Waals surface area contributed by atoms with Gasteiger partial charge in [0.25, 0.3) is 0 Å². The Balaban J connectivity index is 1.67. The second-order valence-corrected chi connectivity index (χ2v) is 6.94. The Morgan fingerprint density at radius 2 is 1.88 bits per heavy atom. The maximum Gasteiger partial charge on any atom is 0.233 e. The van der Waals surface area contributed by atoms with E-state index in [0.717, 1.165) is 21.6 Å². The molecule has 0 aliphatic heterocycles. The number of hydrogen-bond donors (Lipinski definition) is 0. The molecule has 0 saturated heterocycles. The molecule has 4 heteroatoms. The maximum atomic E-state index is 12.5. The Hall–Kier alpha value is -2.20. The van der Waals surface area contributed by atoms with Crippen molar-refractivity contribution in [2.75, 3.05) is 12.8 Å². The molecule has 2 aromatic carbocycles. The van der Waals surface area contributed by atoms with E-state index in [1.165, 1.54) is 5.56 Å². The van der Waals surface area contributed by atoms with E-state index in [4.69, 9.17) is 4.42 Å². The molecule has 3 nitrogen and oxygen atoms in total. The Kier molecular flexibility index (Phi) is 4.95. The lowest BCUT2D eigenvalue weighted by molar-refractivity contribution is -0.129. The van der Waals surface area contributed by atoms with Crippen molar-refractivity contribution >= 4 is 28.6 Å². The minimum absolute atomic E-state index is 0.0937. The predicted octanol–water partition coefficient (Wildman–Crippen LogP) is 5.05. The van der Waals surface area contributed by atoms with E-state index in [2.05, 4.69) is 19.1 Å². The number of amides is 1. The summed E-state index contributed by atoms with van der Waals surface area (Å²) in [6, 6.07) is 17.9. The van der Waals surface area contributed by atoms with Crippen molar-refractivity contribution in [2.24, 2.45) is 0 Å². The van der Waals surface area contributed by atoms with E-state index in [9.17, 15) is 4.79 Å². The number of benzene rings is 2. The van der Waals surface area contributed by atoms with Gasteiger partial charge in [0.1, 0.15) is 11.3 Å². The van der Waals surface area contributed by atoms with Crippen LogP contribution in [-0.4, -0.2) is 23.6 Å². The average molecular weight is 339 g/mol. The molecule has 1 amide bonds. The van der Waals surface area contributed by atoms with Crippen molar-refractivity contribution in [1.82, 2.24) is 4.90 Å². The normalized spacial score (nSPS) is 12.3. The monoisotopic (exact) mass is 339 g/mol. The van der Waals surface area contributed by atoms with Gasteiger partial charge in [0.05, 0.1) is 11.8 Å².